The Hall–Kier alpha value is -0.270. The van der Waals surface area contributed by atoms with E-state index < -0.39 is 27.4 Å². The van der Waals surface area contributed by atoms with Gasteiger partial charge >= 0.3 is 5.97 Å². The molecule has 0 unspecified atom stereocenters. The fraction of sp³-hybridized carbons (Fsp3) is 0.900. The first-order valence-electron chi connectivity index (χ1n) is 5.29. The Labute approximate surface area is 107 Å². The van der Waals surface area contributed by atoms with Crippen LogP contribution in [0, 0.1) is 5.41 Å². The number of sulfonamides is 1. The van der Waals surface area contributed by atoms with E-state index in [1.165, 1.54) is 11.8 Å². The van der Waals surface area contributed by atoms with Gasteiger partial charge in [-0.2, -0.15) is 11.8 Å². The van der Waals surface area contributed by atoms with Gasteiger partial charge < -0.3 is 5.11 Å². The predicted molar refractivity (Wildman–Crippen MR) is 70.8 cm³/mol. The molecule has 17 heavy (non-hydrogen) atoms. The Bertz CT molecular complexity index is 346. The molecule has 5 nitrogen and oxygen atoms in total. The monoisotopic (exact) mass is 283 g/mol. The number of carboxylic acids is 1. The number of nitrogens with one attached hydrogen (secondary N) is 1. The molecule has 0 aliphatic carbocycles. The summed E-state index contributed by atoms with van der Waals surface area (Å²) in [4.78, 5) is 10.9. The van der Waals surface area contributed by atoms with Crippen LogP contribution in [-0.4, -0.2) is 43.3 Å². The predicted octanol–water partition coefficient (Wildman–Crippen LogP) is 1.16. The summed E-state index contributed by atoms with van der Waals surface area (Å²) in [5.41, 5.74) is -0.394. The zero-order valence-electron chi connectivity index (χ0n) is 10.7. The second kappa shape index (κ2) is 6.61. The number of rotatable bonds is 7. The summed E-state index contributed by atoms with van der Waals surface area (Å²) in [5, 5.41) is 8.93. The SMILES string of the molecule is CSCC[C@H](NS(=O)(=O)CC(C)(C)C)C(=O)O. The molecule has 7 heteroatoms. The summed E-state index contributed by atoms with van der Waals surface area (Å²) < 4.78 is 25.7. The van der Waals surface area contributed by atoms with Crippen molar-refractivity contribution in [3.63, 3.8) is 0 Å². The second-order valence-corrected chi connectivity index (χ2v) is 7.85. The Morgan fingerprint density at radius 1 is 1.41 bits per heavy atom. The number of carbonyl (C=O) groups is 1. The number of aliphatic carboxylic acids is 1. The molecular formula is C10H21NO4S2. The zero-order chi connectivity index (χ0) is 13.7. The van der Waals surface area contributed by atoms with Crippen molar-refractivity contribution < 1.29 is 18.3 Å². The molecule has 0 saturated heterocycles. The van der Waals surface area contributed by atoms with Crippen molar-refractivity contribution >= 4 is 27.8 Å². The summed E-state index contributed by atoms with van der Waals surface area (Å²) in [6.45, 7) is 5.39. The van der Waals surface area contributed by atoms with Crippen molar-refractivity contribution in [1.29, 1.82) is 0 Å². The van der Waals surface area contributed by atoms with E-state index in [9.17, 15) is 13.2 Å². The lowest BCUT2D eigenvalue weighted by Crippen LogP contribution is -2.44. The molecular weight excluding hydrogens is 262 g/mol. The normalized spacial score (nSPS) is 14.6. The van der Waals surface area contributed by atoms with E-state index in [0.717, 1.165) is 0 Å². The molecule has 102 valence electrons. The molecule has 0 fully saturated rings. The van der Waals surface area contributed by atoms with Crippen molar-refractivity contribution in [3.8, 4) is 0 Å². The largest absolute Gasteiger partial charge is 0.480 e. The summed E-state index contributed by atoms with van der Waals surface area (Å²) in [6, 6.07) is -1.03. The van der Waals surface area contributed by atoms with Gasteiger partial charge in [0, 0.05) is 0 Å². The van der Waals surface area contributed by atoms with Crippen molar-refractivity contribution in [3.05, 3.63) is 0 Å². The first-order valence-corrected chi connectivity index (χ1v) is 8.34. The highest BCUT2D eigenvalue weighted by atomic mass is 32.2. The molecule has 0 aromatic rings. The van der Waals surface area contributed by atoms with Crippen LogP contribution < -0.4 is 4.72 Å². The van der Waals surface area contributed by atoms with Crippen LogP contribution in [0.3, 0.4) is 0 Å². The standard InChI is InChI=1S/C10H21NO4S2/c1-10(2,3)7-17(14,15)11-8(9(12)13)5-6-16-4/h8,11H,5-7H2,1-4H3,(H,12,13)/t8-/m0/s1. The molecule has 0 aromatic heterocycles. The first kappa shape index (κ1) is 16.7. The highest BCUT2D eigenvalue weighted by Gasteiger charge is 2.27. The maximum Gasteiger partial charge on any atom is 0.321 e. The third kappa shape index (κ3) is 8.45. The molecule has 0 aromatic carbocycles. The van der Waals surface area contributed by atoms with E-state index in [1.54, 1.807) is 20.8 Å². The van der Waals surface area contributed by atoms with E-state index in [-0.39, 0.29) is 5.75 Å². The lowest BCUT2D eigenvalue weighted by atomic mass is 10.0. The van der Waals surface area contributed by atoms with E-state index in [0.29, 0.717) is 12.2 Å². The molecule has 0 spiro atoms. The van der Waals surface area contributed by atoms with Gasteiger partial charge in [-0.1, -0.05) is 20.8 Å². The number of hydrogen-bond acceptors (Lipinski definition) is 4. The summed E-state index contributed by atoms with van der Waals surface area (Å²) in [7, 11) is -3.55. The molecule has 2 N–H and O–H groups in total. The number of hydrogen-bond donors (Lipinski definition) is 2. The van der Waals surface area contributed by atoms with Crippen LogP contribution >= 0.6 is 11.8 Å². The minimum absolute atomic E-state index is 0.0803. The molecule has 0 radical (unpaired) electrons. The van der Waals surface area contributed by atoms with Crippen molar-refractivity contribution in [2.75, 3.05) is 17.8 Å². The van der Waals surface area contributed by atoms with Crippen LogP contribution in [0.2, 0.25) is 0 Å². The van der Waals surface area contributed by atoms with Gasteiger partial charge in [-0.05, 0) is 23.8 Å². The Balaban J connectivity index is 4.59. The third-order valence-electron chi connectivity index (χ3n) is 1.85. The lowest BCUT2D eigenvalue weighted by molar-refractivity contribution is -0.139. The summed E-state index contributed by atoms with van der Waals surface area (Å²) in [5.74, 6) is -0.602. The molecule has 0 heterocycles. The Kier molecular flexibility index (Phi) is 6.50. The maximum atomic E-state index is 11.7. The molecule has 1 atom stereocenters. The first-order chi connectivity index (χ1) is 7.57. The van der Waals surface area contributed by atoms with Crippen LogP contribution in [0.1, 0.15) is 27.2 Å². The van der Waals surface area contributed by atoms with E-state index >= 15 is 0 Å². The zero-order valence-corrected chi connectivity index (χ0v) is 12.3. The van der Waals surface area contributed by atoms with Crippen molar-refractivity contribution in [2.45, 2.75) is 33.2 Å². The van der Waals surface area contributed by atoms with E-state index in [2.05, 4.69) is 4.72 Å². The van der Waals surface area contributed by atoms with Gasteiger partial charge in [0.1, 0.15) is 6.04 Å². The van der Waals surface area contributed by atoms with Crippen LogP contribution in [0.4, 0.5) is 0 Å². The third-order valence-corrected chi connectivity index (χ3v) is 4.39. The van der Waals surface area contributed by atoms with E-state index in [4.69, 9.17) is 5.11 Å². The van der Waals surface area contributed by atoms with Gasteiger partial charge in [0.2, 0.25) is 10.0 Å². The lowest BCUT2D eigenvalue weighted by Gasteiger charge is -2.20. The molecule has 0 bridgehead atoms. The van der Waals surface area contributed by atoms with Gasteiger partial charge in [0.05, 0.1) is 5.75 Å². The van der Waals surface area contributed by atoms with Gasteiger partial charge in [0.25, 0.3) is 0 Å². The molecule has 0 rings (SSSR count). The average Bonchev–Trinajstić information content (AvgIpc) is 2.07. The maximum absolute atomic E-state index is 11.7. The van der Waals surface area contributed by atoms with Gasteiger partial charge in [-0.3, -0.25) is 4.79 Å². The van der Waals surface area contributed by atoms with Crippen LogP contribution in [0.5, 0.6) is 0 Å². The number of carboxylic acid groups (broad SMARTS) is 1. The Morgan fingerprint density at radius 3 is 2.29 bits per heavy atom. The summed E-state index contributed by atoms with van der Waals surface area (Å²) >= 11 is 1.49. The smallest absolute Gasteiger partial charge is 0.321 e. The molecule has 0 aliphatic rings. The fourth-order valence-corrected chi connectivity index (χ4v) is 3.64. The van der Waals surface area contributed by atoms with Crippen molar-refractivity contribution in [2.24, 2.45) is 5.41 Å². The van der Waals surface area contributed by atoms with Crippen LogP contribution in [-0.2, 0) is 14.8 Å². The highest BCUT2D eigenvalue weighted by Crippen LogP contribution is 2.16. The van der Waals surface area contributed by atoms with Gasteiger partial charge in [-0.25, -0.2) is 13.1 Å². The van der Waals surface area contributed by atoms with Crippen LogP contribution in [0.25, 0.3) is 0 Å². The molecule has 0 amide bonds. The van der Waals surface area contributed by atoms with Crippen LogP contribution in [0.15, 0.2) is 0 Å². The molecule has 0 aliphatic heterocycles. The van der Waals surface area contributed by atoms with Gasteiger partial charge in [0.15, 0.2) is 0 Å². The molecule has 0 saturated carbocycles. The highest BCUT2D eigenvalue weighted by molar-refractivity contribution is 7.98. The minimum atomic E-state index is -3.55. The summed E-state index contributed by atoms with van der Waals surface area (Å²) in [6.07, 6.45) is 2.14. The quantitative estimate of drug-likeness (QED) is 0.732. The van der Waals surface area contributed by atoms with Gasteiger partial charge in [-0.15, -0.1) is 0 Å². The topological polar surface area (TPSA) is 83.5 Å². The average molecular weight is 283 g/mol. The fourth-order valence-electron chi connectivity index (χ4n) is 1.30. The number of thioether (sulfide) groups is 1. The van der Waals surface area contributed by atoms with Crippen molar-refractivity contribution in [1.82, 2.24) is 4.72 Å². The minimum Gasteiger partial charge on any atom is -0.480 e. The second-order valence-electron chi connectivity index (χ2n) is 5.11. The Morgan fingerprint density at radius 2 is 1.94 bits per heavy atom. The van der Waals surface area contributed by atoms with E-state index in [1.807, 2.05) is 6.26 Å².